The zero-order chi connectivity index (χ0) is 19.0. The van der Waals surface area contributed by atoms with Crippen molar-refractivity contribution in [3.63, 3.8) is 0 Å². The first-order valence-electron chi connectivity index (χ1n) is 8.51. The molecule has 1 amide bonds. The normalized spacial score (nSPS) is 12.4. The Morgan fingerprint density at radius 3 is 2.93 bits per heavy atom. The zero-order valence-electron chi connectivity index (χ0n) is 14.9. The minimum absolute atomic E-state index is 0.148. The van der Waals surface area contributed by atoms with Crippen molar-refractivity contribution in [2.45, 2.75) is 26.4 Å². The van der Waals surface area contributed by atoms with E-state index in [0.717, 1.165) is 27.2 Å². The molecule has 1 aromatic carbocycles. The van der Waals surface area contributed by atoms with E-state index in [1.807, 2.05) is 55.6 Å². The van der Waals surface area contributed by atoms with Gasteiger partial charge in [0.1, 0.15) is 17.4 Å². The molecule has 2 N–H and O–H groups in total. The third-order valence-corrected chi connectivity index (χ3v) is 5.73. The number of carbonyl (C=O) groups excluding carboxylic acids is 1. The number of fused-ring (bicyclic) bond motifs is 1. The number of benzene rings is 1. The number of thiophene rings is 1. The molecule has 0 saturated heterocycles. The van der Waals surface area contributed by atoms with Crippen LogP contribution < -0.4 is 5.32 Å². The van der Waals surface area contributed by atoms with Gasteiger partial charge in [-0.15, -0.1) is 11.3 Å². The van der Waals surface area contributed by atoms with Crippen molar-refractivity contribution >= 4 is 40.4 Å². The topological polar surface area (TPSA) is 75.8 Å². The van der Waals surface area contributed by atoms with Crippen LogP contribution in [0, 0.1) is 11.7 Å². The van der Waals surface area contributed by atoms with Crippen LogP contribution in [0.1, 0.15) is 24.3 Å². The molecule has 8 heteroatoms. The first-order valence-corrected chi connectivity index (χ1v) is 9.80. The molecule has 0 radical (unpaired) electrons. The van der Waals surface area contributed by atoms with Gasteiger partial charge in [0.15, 0.2) is 10.6 Å². The summed E-state index contributed by atoms with van der Waals surface area (Å²) in [7, 11) is 0. The zero-order valence-corrected chi connectivity index (χ0v) is 16.5. The summed E-state index contributed by atoms with van der Waals surface area (Å²) in [6, 6.07) is 11.2. The van der Waals surface area contributed by atoms with E-state index in [1.54, 1.807) is 15.9 Å². The third kappa shape index (κ3) is 3.22. The highest BCUT2D eigenvalue weighted by Gasteiger charge is 2.22. The molecule has 0 fully saturated rings. The first kappa shape index (κ1) is 17.7. The summed E-state index contributed by atoms with van der Waals surface area (Å²) in [5, 5.41) is 13.0. The molecule has 1 atom stereocenters. The summed E-state index contributed by atoms with van der Waals surface area (Å²) in [6.07, 6.45) is 0. The maximum atomic E-state index is 12.8. The molecule has 4 aromatic rings. The summed E-state index contributed by atoms with van der Waals surface area (Å²) in [6.45, 7) is 4.13. The van der Waals surface area contributed by atoms with Crippen molar-refractivity contribution in [1.29, 1.82) is 0 Å². The lowest BCUT2D eigenvalue weighted by molar-refractivity contribution is -0.124. The Morgan fingerprint density at radius 2 is 2.19 bits per heavy atom. The van der Waals surface area contributed by atoms with Gasteiger partial charge < -0.3 is 9.73 Å². The van der Waals surface area contributed by atoms with Crippen molar-refractivity contribution in [1.82, 2.24) is 20.1 Å². The van der Waals surface area contributed by atoms with Crippen LogP contribution in [0.25, 0.3) is 21.7 Å². The van der Waals surface area contributed by atoms with Crippen LogP contribution in [0.5, 0.6) is 0 Å². The number of amides is 1. The third-order valence-electron chi connectivity index (χ3n) is 4.58. The number of furan rings is 1. The van der Waals surface area contributed by atoms with E-state index in [9.17, 15) is 4.79 Å². The van der Waals surface area contributed by atoms with Crippen molar-refractivity contribution in [3.8, 4) is 10.7 Å². The van der Waals surface area contributed by atoms with Crippen LogP contribution in [-0.4, -0.2) is 20.7 Å². The van der Waals surface area contributed by atoms with Crippen molar-refractivity contribution in [2.24, 2.45) is 0 Å². The average Bonchev–Trinajstić information content (AvgIpc) is 3.39. The first-order chi connectivity index (χ1) is 13.1. The predicted octanol–water partition coefficient (Wildman–Crippen LogP) is 4.60. The molecule has 0 aliphatic rings. The SMILES string of the molecule is Cc1c(CNC(=O)C(C)n2c(-c3cccs3)n[nH]c2=S)oc2ccccc12. The lowest BCUT2D eigenvalue weighted by Crippen LogP contribution is -2.31. The number of hydrogen-bond donors (Lipinski definition) is 2. The monoisotopic (exact) mass is 398 g/mol. The summed E-state index contributed by atoms with van der Waals surface area (Å²) < 4.78 is 8.02. The number of carbonyl (C=O) groups is 1. The minimum Gasteiger partial charge on any atom is -0.459 e. The number of para-hydroxylation sites is 1. The largest absolute Gasteiger partial charge is 0.459 e. The predicted molar refractivity (Wildman–Crippen MR) is 108 cm³/mol. The Hall–Kier alpha value is -2.71. The maximum Gasteiger partial charge on any atom is 0.243 e. The van der Waals surface area contributed by atoms with Gasteiger partial charge in [0.05, 0.1) is 11.4 Å². The van der Waals surface area contributed by atoms with Gasteiger partial charge in [0, 0.05) is 10.9 Å². The second-order valence-electron chi connectivity index (χ2n) is 6.24. The molecule has 0 spiro atoms. The highest BCUT2D eigenvalue weighted by Crippen LogP contribution is 2.27. The smallest absolute Gasteiger partial charge is 0.243 e. The standard InChI is InChI=1S/C19H18N4O2S2/c1-11-13-6-3-4-7-14(13)25-15(11)10-20-18(24)12(2)23-17(21-22-19(23)26)16-8-5-9-27-16/h3-9,12H,10H2,1-2H3,(H,20,24)(H,22,26). The fourth-order valence-corrected chi connectivity index (χ4v) is 4.07. The number of H-pyrrole nitrogens is 1. The molecule has 0 saturated carbocycles. The van der Waals surface area contributed by atoms with Gasteiger partial charge in [-0.1, -0.05) is 24.3 Å². The van der Waals surface area contributed by atoms with Gasteiger partial charge in [-0.25, -0.2) is 0 Å². The molecular formula is C19H18N4O2S2. The number of rotatable bonds is 5. The van der Waals surface area contributed by atoms with E-state index < -0.39 is 6.04 Å². The number of nitrogens with zero attached hydrogens (tertiary/aromatic N) is 2. The highest BCUT2D eigenvalue weighted by molar-refractivity contribution is 7.71. The molecule has 0 aliphatic heterocycles. The number of nitrogens with one attached hydrogen (secondary N) is 2. The number of aryl methyl sites for hydroxylation is 1. The van der Waals surface area contributed by atoms with Crippen molar-refractivity contribution in [3.05, 3.63) is 57.9 Å². The van der Waals surface area contributed by atoms with Crippen LogP contribution in [0.15, 0.2) is 46.2 Å². The average molecular weight is 399 g/mol. The fourth-order valence-electron chi connectivity index (χ4n) is 3.07. The quantitative estimate of drug-likeness (QED) is 0.482. The van der Waals surface area contributed by atoms with E-state index >= 15 is 0 Å². The molecule has 3 aromatic heterocycles. The molecule has 27 heavy (non-hydrogen) atoms. The van der Waals surface area contributed by atoms with Gasteiger partial charge in [-0.2, -0.15) is 5.10 Å². The van der Waals surface area contributed by atoms with Gasteiger partial charge in [0.25, 0.3) is 0 Å². The van der Waals surface area contributed by atoms with Gasteiger partial charge in [0.2, 0.25) is 5.91 Å². The van der Waals surface area contributed by atoms with Crippen LogP contribution in [0.2, 0.25) is 0 Å². The Kier molecular flexibility index (Phi) is 4.67. The molecule has 0 bridgehead atoms. The maximum absolute atomic E-state index is 12.8. The summed E-state index contributed by atoms with van der Waals surface area (Å²) in [4.78, 5) is 13.7. The van der Waals surface area contributed by atoms with E-state index in [0.29, 0.717) is 17.1 Å². The number of hydrogen-bond acceptors (Lipinski definition) is 5. The Bertz CT molecular complexity index is 1150. The molecule has 1 unspecified atom stereocenters. The fraction of sp³-hybridized carbons (Fsp3) is 0.211. The van der Waals surface area contributed by atoms with Crippen LogP contribution in [0.4, 0.5) is 0 Å². The minimum atomic E-state index is -0.502. The van der Waals surface area contributed by atoms with Gasteiger partial charge >= 0.3 is 0 Å². The second kappa shape index (κ2) is 7.13. The number of aromatic nitrogens is 3. The van der Waals surface area contributed by atoms with E-state index in [1.165, 1.54) is 0 Å². The van der Waals surface area contributed by atoms with Crippen molar-refractivity contribution < 1.29 is 9.21 Å². The van der Waals surface area contributed by atoms with Crippen molar-refractivity contribution in [2.75, 3.05) is 0 Å². The highest BCUT2D eigenvalue weighted by atomic mass is 32.1. The van der Waals surface area contributed by atoms with Crippen LogP contribution in [-0.2, 0) is 11.3 Å². The second-order valence-corrected chi connectivity index (χ2v) is 7.57. The number of aromatic amines is 1. The summed E-state index contributed by atoms with van der Waals surface area (Å²) in [5.74, 6) is 1.27. The molecule has 0 aliphatic carbocycles. The van der Waals surface area contributed by atoms with E-state index in [4.69, 9.17) is 16.6 Å². The van der Waals surface area contributed by atoms with Crippen LogP contribution >= 0.6 is 23.6 Å². The lowest BCUT2D eigenvalue weighted by atomic mass is 10.1. The summed E-state index contributed by atoms with van der Waals surface area (Å²) in [5.41, 5.74) is 1.86. The molecular weight excluding hydrogens is 380 g/mol. The van der Waals surface area contributed by atoms with E-state index in [-0.39, 0.29) is 5.91 Å². The molecule has 138 valence electrons. The van der Waals surface area contributed by atoms with E-state index in [2.05, 4.69) is 15.5 Å². The molecule has 3 heterocycles. The lowest BCUT2D eigenvalue weighted by Gasteiger charge is -2.15. The molecule has 6 nitrogen and oxygen atoms in total. The Labute approximate surface area is 164 Å². The van der Waals surface area contributed by atoms with Gasteiger partial charge in [-0.05, 0) is 43.6 Å². The summed E-state index contributed by atoms with van der Waals surface area (Å²) >= 11 is 6.89. The Balaban J connectivity index is 1.54. The Morgan fingerprint density at radius 1 is 1.37 bits per heavy atom. The molecule has 4 rings (SSSR count). The van der Waals surface area contributed by atoms with Gasteiger partial charge in [-0.3, -0.25) is 14.5 Å². The van der Waals surface area contributed by atoms with Crippen LogP contribution in [0.3, 0.4) is 0 Å².